The molecule has 6 heteroatoms. The number of aromatic nitrogens is 3. The molecule has 23 heavy (non-hydrogen) atoms. The van der Waals surface area contributed by atoms with Crippen molar-refractivity contribution in [2.24, 2.45) is 0 Å². The molecular weight excluding hydrogens is 292 g/mol. The standard InChI is InChI=1S/C17H24N4O2/c1-3-10-18-17(23)11-21-16(15(12-22)19-20-21)9-8-14-6-4-13(2)5-7-14/h4-7,22H,3,8-12H2,1-2H3,(H,18,23). The molecule has 0 radical (unpaired) electrons. The third kappa shape index (κ3) is 4.89. The molecular formula is C17H24N4O2. The first kappa shape index (κ1) is 17.1. The van der Waals surface area contributed by atoms with E-state index in [9.17, 15) is 9.90 Å². The van der Waals surface area contributed by atoms with Gasteiger partial charge in [0.1, 0.15) is 12.2 Å². The molecule has 0 saturated heterocycles. The van der Waals surface area contributed by atoms with E-state index in [4.69, 9.17) is 0 Å². The number of nitrogens with zero attached hydrogens (tertiary/aromatic N) is 3. The lowest BCUT2D eigenvalue weighted by atomic mass is 10.1. The highest BCUT2D eigenvalue weighted by molar-refractivity contribution is 5.75. The zero-order chi connectivity index (χ0) is 16.7. The van der Waals surface area contributed by atoms with Crippen molar-refractivity contribution in [2.45, 2.75) is 46.3 Å². The van der Waals surface area contributed by atoms with Crippen molar-refractivity contribution in [3.8, 4) is 0 Å². The van der Waals surface area contributed by atoms with E-state index in [-0.39, 0.29) is 19.1 Å². The Balaban J connectivity index is 2.05. The van der Waals surface area contributed by atoms with Gasteiger partial charge in [0, 0.05) is 6.54 Å². The van der Waals surface area contributed by atoms with Gasteiger partial charge in [0.2, 0.25) is 5.91 Å². The topological polar surface area (TPSA) is 80.0 Å². The molecule has 1 aromatic heterocycles. The maximum atomic E-state index is 11.9. The van der Waals surface area contributed by atoms with E-state index in [1.807, 2.05) is 6.92 Å². The Labute approximate surface area is 136 Å². The van der Waals surface area contributed by atoms with Crippen LogP contribution in [0.5, 0.6) is 0 Å². The zero-order valence-corrected chi connectivity index (χ0v) is 13.7. The fraction of sp³-hybridized carbons (Fsp3) is 0.471. The van der Waals surface area contributed by atoms with Crippen molar-refractivity contribution in [3.05, 3.63) is 46.8 Å². The molecule has 0 spiro atoms. The van der Waals surface area contributed by atoms with E-state index in [2.05, 4.69) is 46.8 Å². The van der Waals surface area contributed by atoms with Gasteiger partial charge in [0.15, 0.2) is 0 Å². The molecule has 0 aliphatic rings. The van der Waals surface area contributed by atoms with E-state index in [0.29, 0.717) is 18.7 Å². The number of carbonyl (C=O) groups excluding carboxylic acids is 1. The van der Waals surface area contributed by atoms with Gasteiger partial charge in [-0.1, -0.05) is 42.0 Å². The largest absolute Gasteiger partial charge is 0.390 e. The summed E-state index contributed by atoms with van der Waals surface area (Å²) < 4.78 is 1.59. The predicted octanol–water partition coefficient (Wildman–Crippen LogP) is 1.39. The van der Waals surface area contributed by atoms with Crippen LogP contribution in [0.25, 0.3) is 0 Å². The lowest BCUT2D eigenvalue weighted by molar-refractivity contribution is -0.121. The van der Waals surface area contributed by atoms with Crippen LogP contribution >= 0.6 is 0 Å². The fourth-order valence-electron chi connectivity index (χ4n) is 2.37. The van der Waals surface area contributed by atoms with E-state index in [0.717, 1.165) is 18.5 Å². The maximum Gasteiger partial charge on any atom is 0.241 e. The summed E-state index contributed by atoms with van der Waals surface area (Å²) in [6.07, 6.45) is 2.40. The zero-order valence-electron chi connectivity index (χ0n) is 13.7. The lowest BCUT2D eigenvalue weighted by Crippen LogP contribution is -2.29. The minimum Gasteiger partial charge on any atom is -0.390 e. The molecule has 1 aromatic carbocycles. The van der Waals surface area contributed by atoms with Crippen molar-refractivity contribution in [3.63, 3.8) is 0 Å². The summed E-state index contributed by atoms with van der Waals surface area (Å²) in [5, 5.41) is 20.2. The molecule has 0 aliphatic carbocycles. The van der Waals surface area contributed by atoms with Crippen LogP contribution in [0.2, 0.25) is 0 Å². The normalized spacial score (nSPS) is 10.7. The Morgan fingerprint density at radius 1 is 1.26 bits per heavy atom. The van der Waals surface area contributed by atoms with Gasteiger partial charge in [-0.05, 0) is 31.7 Å². The first-order valence-corrected chi connectivity index (χ1v) is 7.98. The van der Waals surface area contributed by atoms with Crippen molar-refractivity contribution in [2.75, 3.05) is 6.54 Å². The van der Waals surface area contributed by atoms with Crippen LogP contribution < -0.4 is 5.32 Å². The number of rotatable bonds is 8. The van der Waals surface area contributed by atoms with Crippen LogP contribution in [0, 0.1) is 6.92 Å². The molecule has 0 atom stereocenters. The quantitative estimate of drug-likeness (QED) is 0.771. The van der Waals surface area contributed by atoms with Crippen molar-refractivity contribution < 1.29 is 9.90 Å². The maximum absolute atomic E-state index is 11.9. The molecule has 2 aromatic rings. The second-order valence-corrected chi connectivity index (χ2v) is 5.63. The highest BCUT2D eigenvalue weighted by Gasteiger charge is 2.14. The molecule has 0 unspecified atom stereocenters. The molecule has 1 amide bonds. The summed E-state index contributed by atoms with van der Waals surface area (Å²) in [6.45, 7) is 4.68. The SMILES string of the molecule is CCCNC(=O)Cn1nnc(CO)c1CCc1ccc(C)cc1. The second-order valence-electron chi connectivity index (χ2n) is 5.63. The smallest absolute Gasteiger partial charge is 0.241 e. The number of hydrogen-bond donors (Lipinski definition) is 2. The first-order chi connectivity index (χ1) is 11.1. The van der Waals surface area contributed by atoms with Crippen LogP contribution in [-0.2, 0) is 30.8 Å². The van der Waals surface area contributed by atoms with Gasteiger partial charge in [-0.2, -0.15) is 0 Å². The van der Waals surface area contributed by atoms with Gasteiger partial charge in [0.05, 0.1) is 12.3 Å². The molecule has 0 saturated carbocycles. The number of carbonyl (C=O) groups is 1. The van der Waals surface area contributed by atoms with Gasteiger partial charge in [-0.3, -0.25) is 4.79 Å². The summed E-state index contributed by atoms with van der Waals surface area (Å²) >= 11 is 0. The highest BCUT2D eigenvalue weighted by atomic mass is 16.3. The van der Waals surface area contributed by atoms with E-state index in [1.165, 1.54) is 11.1 Å². The Hall–Kier alpha value is -2.21. The first-order valence-electron chi connectivity index (χ1n) is 7.98. The Bertz CT molecular complexity index is 635. The number of aryl methyl sites for hydroxylation is 2. The average Bonchev–Trinajstić information content (AvgIpc) is 2.94. The third-order valence-corrected chi connectivity index (χ3v) is 3.70. The van der Waals surface area contributed by atoms with Gasteiger partial charge < -0.3 is 10.4 Å². The fourth-order valence-corrected chi connectivity index (χ4v) is 2.37. The summed E-state index contributed by atoms with van der Waals surface area (Å²) in [4.78, 5) is 11.9. The number of hydrogen-bond acceptors (Lipinski definition) is 4. The minimum atomic E-state index is -0.167. The number of benzene rings is 1. The van der Waals surface area contributed by atoms with Crippen LogP contribution in [0.4, 0.5) is 0 Å². The average molecular weight is 316 g/mol. The molecule has 0 fully saturated rings. The summed E-state index contributed by atoms with van der Waals surface area (Å²) in [5.74, 6) is -0.0853. The summed E-state index contributed by atoms with van der Waals surface area (Å²) in [7, 11) is 0. The van der Waals surface area contributed by atoms with E-state index >= 15 is 0 Å². The summed E-state index contributed by atoms with van der Waals surface area (Å²) in [6, 6.07) is 8.35. The molecule has 2 N–H and O–H groups in total. The molecule has 124 valence electrons. The third-order valence-electron chi connectivity index (χ3n) is 3.70. The molecule has 0 bridgehead atoms. The van der Waals surface area contributed by atoms with E-state index in [1.54, 1.807) is 4.68 Å². The minimum absolute atomic E-state index is 0.0853. The second kappa shape index (κ2) is 8.43. The van der Waals surface area contributed by atoms with Gasteiger partial charge in [-0.15, -0.1) is 5.10 Å². The van der Waals surface area contributed by atoms with Crippen molar-refractivity contribution in [1.29, 1.82) is 0 Å². The lowest BCUT2D eigenvalue weighted by Gasteiger charge is -2.08. The molecule has 2 rings (SSSR count). The monoisotopic (exact) mass is 316 g/mol. The number of amides is 1. The molecule has 0 aliphatic heterocycles. The van der Waals surface area contributed by atoms with Crippen LogP contribution in [0.1, 0.15) is 35.9 Å². The van der Waals surface area contributed by atoms with Crippen LogP contribution in [0.15, 0.2) is 24.3 Å². The number of aliphatic hydroxyl groups is 1. The Morgan fingerprint density at radius 2 is 2.00 bits per heavy atom. The van der Waals surface area contributed by atoms with Crippen LogP contribution in [-0.4, -0.2) is 32.6 Å². The number of aliphatic hydroxyl groups excluding tert-OH is 1. The van der Waals surface area contributed by atoms with E-state index < -0.39 is 0 Å². The van der Waals surface area contributed by atoms with Crippen molar-refractivity contribution in [1.82, 2.24) is 20.3 Å². The van der Waals surface area contributed by atoms with Gasteiger partial charge in [0.25, 0.3) is 0 Å². The summed E-state index contributed by atoms with van der Waals surface area (Å²) in [5.41, 5.74) is 3.80. The molecule has 1 heterocycles. The number of nitrogens with one attached hydrogen (secondary N) is 1. The van der Waals surface area contributed by atoms with Crippen LogP contribution in [0.3, 0.4) is 0 Å². The molecule has 6 nitrogen and oxygen atoms in total. The van der Waals surface area contributed by atoms with Crippen molar-refractivity contribution >= 4 is 5.91 Å². The Morgan fingerprint density at radius 3 is 2.65 bits per heavy atom. The highest BCUT2D eigenvalue weighted by Crippen LogP contribution is 2.12. The van der Waals surface area contributed by atoms with Gasteiger partial charge >= 0.3 is 0 Å². The Kier molecular flexibility index (Phi) is 6.29. The predicted molar refractivity (Wildman–Crippen MR) is 87.8 cm³/mol. The van der Waals surface area contributed by atoms with Gasteiger partial charge in [-0.25, -0.2) is 4.68 Å².